The monoisotopic (exact) mass is 390 g/mol. The molecule has 0 spiro atoms. The highest BCUT2D eigenvalue weighted by molar-refractivity contribution is 7.89. The lowest BCUT2D eigenvalue weighted by atomic mass is 10.1. The second-order valence-corrected chi connectivity index (χ2v) is 7.52. The number of benzene rings is 3. The van der Waals surface area contributed by atoms with Crippen LogP contribution in [0.15, 0.2) is 71.6 Å². The van der Waals surface area contributed by atoms with Crippen molar-refractivity contribution in [1.29, 1.82) is 0 Å². The molecule has 0 heterocycles. The first-order valence-electron chi connectivity index (χ1n) is 7.62. The summed E-state index contributed by atoms with van der Waals surface area (Å²) >= 11 is 5.72. The smallest absolute Gasteiger partial charge is 0.272 e. The van der Waals surface area contributed by atoms with Crippen molar-refractivity contribution >= 4 is 38.3 Å². The van der Waals surface area contributed by atoms with E-state index in [1.165, 1.54) is 24.3 Å². The van der Waals surface area contributed by atoms with Gasteiger partial charge in [0.25, 0.3) is 15.9 Å². The van der Waals surface area contributed by atoms with Crippen molar-refractivity contribution in [1.82, 2.24) is 10.3 Å². The van der Waals surface area contributed by atoms with Crippen molar-refractivity contribution in [2.45, 2.75) is 4.90 Å². The molecule has 0 aliphatic heterocycles. The third-order valence-corrected chi connectivity index (χ3v) is 5.06. The van der Waals surface area contributed by atoms with Gasteiger partial charge in [-0.1, -0.05) is 41.9 Å². The molecule has 3 aromatic rings. The molecule has 3 rings (SSSR count). The molecule has 0 bridgehead atoms. The van der Waals surface area contributed by atoms with Gasteiger partial charge in [0.05, 0.1) is 4.90 Å². The van der Waals surface area contributed by atoms with Crippen LogP contribution < -0.4 is 15.0 Å². The van der Waals surface area contributed by atoms with Gasteiger partial charge in [-0.2, -0.15) is 0 Å². The summed E-state index contributed by atoms with van der Waals surface area (Å²) in [4.78, 5) is 13.8. The molecule has 0 saturated heterocycles. The van der Waals surface area contributed by atoms with Crippen molar-refractivity contribution in [2.75, 3.05) is 6.61 Å². The molecule has 0 fully saturated rings. The molecule has 0 unspecified atom stereocenters. The Bertz CT molecular complexity index is 1040. The van der Waals surface area contributed by atoms with E-state index in [9.17, 15) is 13.2 Å². The summed E-state index contributed by atoms with van der Waals surface area (Å²) in [6.45, 7) is -0.332. The fourth-order valence-electron chi connectivity index (χ4n) is 2.24. The highest BCUT2D eigenvalue weighted by Gasteiger charge is 2.15. The minimum absolute atomic E-state index is 0.0161. The van der Waals surface area contributed by atoms with Gasteiger partial charge < -0.3 is 4.74 Å². The van der Waals surface area contributed by atoms with E-state index in [1.807, 2.05) is 35.2 Å². The predicted molar refractivity (Wildman–Crippen MR) is 99.4 cm³/mol. The van der Waals surface area contributed by atoms with Crippen molar-refractivity contribution in [2.24, 2.45) is 0 Å². The van der Waals surface area contributed by atoms with E-state index in [-0.39, 0.29) is 11.5 Å². The molecule has 8 heteroatoms. The summed E-state index contributed by atoms with van der Waals surface area (Å²) in [6, 6.07) is 18.7. The zero-order valence-electron chi connectivity index (χ0n) is 13.5. The fourth-order valence-corrected chi connectivity index (χ4v) is 3.23. The highest BCUT2D eigenvalue weighted by atomic mass is 35.5. The maximum absolute atomic E-state index is 12.1. The Balaban J connectivity index is 1.55. The lowest BCUT2D eigenvalue weighted by molar-refractivity contribution is -0.123. The van der Waals surface area contributed by atoms with Crippen molar-refractivity contribution in [3.8, 4) is 5.75 Å². The lowest BCUT2D eigenvalue weighted by Gasteiger charge is -2.10. The van der Waals surface area contributed by atoms with Crippen LogP contribution in [-0.4, -0.2) is 20.9 Å². The van der Waals surface area contributed by atoms with Crippen molar-refractivity contribution < 1.29 is 17.9 Å². The Labute approximate surface area is 155 Å². The summed E-state index contributed by atoms with van der Waals surface area (Å²) < 4.78 is 29.5. The van der Waals surface area contributed by atoms with Gasteiger partial charge in [-0.15, -0.1) is 4.83 Å². The Hall–Kier alpha value is -2.61. The highest BCUT2D eigenvalue weighted by Crippen LogP contribution is 2.20. The van der Waals surface area contributed by atoms with Crippen LogP contribution in [0.25, 0.3) is 10.8 Å². The van der Waals surface area contributed by atoms with Gasteiger partial charge in [0.1, 0.15) is 5.75 Å². The van der Waals surface area contributed by atoms with E-state index in [2.05, 4.69) is 5.43 Å². The Morgan fingerprint density at radius 1 is 0.962 bits per heavy atom. The number of hydrazine groups is 1. The minimum Gasteiger partial charge on any atom is -0.484 e. The lowest BCUT2D eigenvalue weighted by Crippen LogP contribution is -2.43. The molecule has 6 nitrogen and oxygen atoms in total. The molecule has 0 aromatic heterocycles. The molecule has 0 aliphatic rings. The average molecular weight is 391 g/mol. The van der Waals surface area contributed by atoms with Crippen LogP contribution in [-0.2, 0) is 14.8 Å². The Morgan fingerprint density at radius 2 is 1.65 bits per heavy atom. The van der Waals surface area contributed by atoms with E-state index in [0.29, 0.717) is 10.8 Å². The number of hydrogen-bond donors (Lipinski definition) is 2. The molecule has 26 heavy (non-hydrogen) atoms. The van der Waals surface area contributed by atoms with Gasteiger partial charge in [-0.05, 0) is 47.2 Å². The summed E-state index contributed by atoms with van der Waals surface area (Å²) in [5.74, 6) is -0.116. The third kappa shape index (κ3) is 4.51. The number of rotatable bonds is 6. The predicted octanol–water partition coefficient (Wildman–Crippen LogP) is 2.88. The average Bonchev–Trinajstić information content (AvgIpc) is 2.65. The molecule has 134 valence electrons. The number of nitrogens with one attached hydrogen (secondary N) is 2. The minimum atomic E-state index is -3.88. The first-order valence-corrected chi connectivity index (χ1v) is 9.48. The molecule has 0 aliphatic carbocycles. The number of amides is 1. The standard InChI is InChI=1S/C18H15ClN2O4S/c19-15-6-9-17(10-7-15)26(23,24)21-20-18(22)12-25-16-8-5-13-3-1-2-4-14(13)11-16/h1-11,21H,12H2,(H,20,22). The zero-order chi connectivity index (χ0) is 18.6. The van der Waals surface area contributed by atoms with Crippen LogP contribution in [0.5, 0.6) is 5.75 Å². The largest absolute Gasteiger partial charge is 0.484 e. The number of halogens is 1. The number of carbonyl (C=O) groups is 1. The van der Waals surface area contributed by atoms with Gasteiger partial charge in [-0.25, -0.2) is 8.42 Å². The Morgan fingerprint density at radius 3 is 2.38 bits per heavy atom. The number of fused-ring (bicyclic) bond motifs is 1. The first kappa shape index (κ1) is 18.2. The van der Waals surface area contributed by atoms with Gasteiger partial charge >= 0.3 is 0 Å². The zero-order valence-corrected chi connectivity index (χ0v) is 15.0. The van der Waals surface area contributed by atoms with E-state index in [4.69, 9.17) is 16.3 Å². The molecule has 3 aromatic carbocycles. The normalized spacial score (nSPS) is 11.3. The van der Waals surface area contributed by atoms with Crippen LogP contribution in [0.4, 0.5) is 0 Å². The van der Waals surface area contributed by atoms with Crippen LogP contribution >= 0.6 is 11.6 Å². The molecule has 2 N–H and O–H groups in total. The van der Waals surface area contributed by atoms with Gasteiger partial charge in [0, 0.05) is 5.02 Å². The summed E-state index contributed by atoms with van der Waals surface area (Å²) in [5.41, 5.74) is 2.11. The number of ether oxygens (including phenoxy) is 1. The first-order chi connectivity index (χ1) is 12.4. The molecule has 1 amide bonds. The summed E-state index contributed by atoms with van der Waals surface area (Å²) in [5, 5.41) is 2.45. The van der Waals surface area contributed by atoms with Gasteiger partial charge in [0.2, 0.25) is 0 Å². The number of carbonyl (C=O) groups excluding carboxylic acids is 1. The topological polar surface area (TPSA) is 84.5 Å². The van der Waals surface area contributed by atoms with E-state index < -0.39 is 15.9 Å². The van der Waals surface area contributed by atoms with Gasteiger partial charge in [0.15, 0.2) is 6.61 Å². The second-order valence-electron chi connectivity index (χ2n) is 5.41. The second kappa shape index (κ2) is 7.74. The quantitative estimate of drug-likeness (QED) is 0.634. The van der Waals surface area contributed by atoms with Crippen LogP contribution in [0.1, 0.15) is 0 Å². The van der Waals surface area contributed by atoms with E-state index in [1.54, 1.807) is 12.1 Å². The van der Waals surface area contributed by atoms with E-state index in [0.717, 1.165) is 10.8 Å². The number of sulfonamides is 1. The van der Waals surface area contributed by atoms with E-state index >= 15 is 0 Å². The SMILES string of the molecule is O=C(COc1ccc2ccccc2c1)NNS(=O)(=O)c1ccc(Cl)cc1. The van der Waals surface area contributed by atoms with Crippen LogP contribution in [0.3, 0.4) is 0 Å². The molecular formula is C18H15ClN2O4S. The summed E-state index contributed by atoms with van der Waals surface area (Å²) in [6.07, 6.45) is 0. The fraction of sp³-hybridized carbons (Fsp3) is 0.0556. The maximum atomic E-state index is 12.1. The molecule has 0 radical (unpaired) electrons. The summed E-state index contributed by atoms with van der Waals surface area (Å²) in [7, 11) is -3.88. The maximum Gasteiger partial charge on any atom is 0.272 e. The van der Waals surface area contributed by atoms with Crippen LogP contribution in [0.2, 0.25) is 5.02 Å². The molecular weight excluding hydrogens is 376 g/mol. The van der Waals surface area contributed by atoms with Crippen molar-refractivity contribution in [3.05, 3.63) is 71.8 Å². The van der Waals surface area contributed by atoms with Crippen molar-refractivity contribution in [3.63, 3.8) is 0 Å². The van der Waals surface area contributed by atoms with Gasteiger partial charge in [-0.3, -0.25) is 10.2 Å². The molecule has 0 atom stereocenters. The number of hydrogen-bond acceptors (Lipinski definition) is 4. The third-order valence-electron chi connectivity index (χ3n) is 3.54. The molecule has 0 saturated carbocycles. The Kier molecular flexibility index (Phi) is 5.41. The van der Waals surface area contributed by atoms with Crippen LogP contribution in [0, 0.1) is 0 Å².